The van der Waals surface area contributed by atoms with Crippen LogP contribution in [0, 0.1) is 5.41 Å². The first kappa shape index (κ1) is 8.33. The van der Waals surface area contributed by atoms with Crippen LogP contribution in [0.15, 0.2) is 36.4 Å². The molecule has 0 spiro atoms. The van der Waals surface area contributed by atoms with Gasteiger partial charge in [-0.2, -0.15) is 0 Å². The summed E-state index contributed by atoms with van der Waals surface area (Å²) in [7, 11) is 0. The SMILES string of the molecule is N=C(N)C=C(O)c1ccccc1. The highest BCUT2D eigenvalue weighted by atomic mass is 16.3. The fraction of sp³-hybridized carbons (Fsp3) is 0. The number of aliphatic hydroxyl groups excluding tert-OH is 1. The molecule has 0 aromatic heterocycles. The van der Waals surface area contributed by atoms with Gasteiger partial charge in [-0.15, -0.1) is 0 Å². The third kappa shape index (κ3) is 2.12. The third-order valence-corrected chi connectivity index (χ3v) is 1.36. The molecule has 1 aromatic rings. The van der Waals surface area contributed by atoms with Crippen LogP contribution in [0.4, 0.5) is 0 Å². The number of rotatable bonds is 2. The minimum atomic E-state index is -0.156. The Balaban J connectivity index is 2.93. The van der Waals surface area contributed by atoms with Gasteiger partial charge < -0.3 is 10.8 Å². The van der Waals surface area contributed by atoms with Gasteiger partial charge in [0, 0.05) is 11.6 Å². The van der Waals surface area contributed by atoms with Crippen LogP contribution in [-0.2, 0) is 0 Å². The van der Waals surface area contributed by atoms with Gasteiger partial charge in [0.1, 0.15) is 11.6 Å². The van der Waals surface area contributed by atoms with E-state index in [4.69, 9.17) is 11.1 Å². The average Bonchev–Trinajstić information content (AvgIpc) is 2.05. The van der Waals surface area contributed by atoms with Crippen molar-refractivity contribution in [2.24, 2.45) is 5.73 Å². The fourth-order valence-corrected chi connectivity index (χ4v) is 0.840. The second-order valence-electron chi connectivity index (χ2n) is 2.35. The average molecular weight is 162 g/mol. The molecule has 3 heteroatoms. The van der Waals surface area contributed by atoms with Crippen LogP contribution >= 0.6 is 0 Å². The maximum Gasteiger partial charge on any atom is 0.126 e. The van der Waals surface area contributed by atoms with Gasteiger partial charge in [-0.1, -0.05) is 30.3 Å². The monoisotopic (exact) mass is 162 g/mol. The number of amidine groups is 1. The van der Waals surface area contributed by atoms with E-state index >= 15 is 0 Å². The van der Waals surface area contributed by atoms with E-state index < -0.39 is 0 Å². The molecule has 0 saturated carbocycles. The Morgan fingerprint density at radius 1 is 1.33 bits per heavy atom. The molecule has 3 nitrogen and oxygen atoms in total. The molecular weight excluding hydrogens is 152 g/mol. The van der Waals surface area contributed by atoms with Crippen molar-refractivity contribution in [3.63, 3.8) is 0 Å². The normalized spacial score (nSPS) is 11.2. The summed E-state index contributed by atoms with van der Waals surface area (Å²) in [5.41, 5.74) is 5.74. The molecule has 0 unspecified atom stereocenters. The van der Waals surface area contributed by atoms with Crippen LogP contribution in [0.3, 0.4) is 0 Å². The molecule has 12 heavy (non-hydrogen) atoms. The lowest BCUT2D eigenvalue weighted by atomic mass is 10.2. The van der Waals surface area contributed by atoms with Crippen LogP contribution in [-0.4, -0.2) is 10.9 Å². The van der Waals surface area contributed by atoms with Crippen molar-refractivity contribution in [2.75, 3.05) is 0 Å². The Morgan fingerprint density at radius 2 is 1.92 bits per heavy atom. The molecule has 0 radical (unpaired) electrons. The van der Waals surface area contributed by atoms with Gasteiger partial charge in [0.2, 0.25) is 0 Å². The van der Waals surface area contributed by atoms with Crippen molar-refractivity contribution < 1.29 is 5.11 Å². The summed E-state index contributed by atoms with van der Waals surface area (Å²) >= 11 is 0. The molecule has 0 aliphatic rings. The van der Waals surface area contributed by atoms with Crippen LogP contribution in [0.2, 0.25) is 0 Å². The minimum absolute atomic E-state index is 0.0168. The molecule has 4 N–H and O–H groups in total. The summed E-state index contributed by atoms with van der Waals surface area (Å²) < 4.78 is 0. The highest BCUT2D eigenvalue weighted by Gasteiger charge is 1.96. The van der Waals surface area contributed by atoms with Gasteiger partial charge in [0.25, 0.3) is 0 Å². The minimum Gasteiger partial charge on any atom is -0.507 e. The molecule has 1 rings (SSSR count). The lowest BCUT2D eigenvalue weighted by Gasteiger charge is -1.97. The standard InChI is InChI=1S/C9H10N2O/c10-9(11)6-8(12)7-4-2-1-3-5-7/h1-6,12H,(H3,10,11). The van der Waals surface area contributed by atoms with Crippen molar-refractivity contribution in [1.29, 1.82) is 5.41 Å². The quantitative estimate of drug-likeness (QED) is 0.350. The zero-order valence-corrected chi connectivity index (χ0v) is 6.49. The molecule has 0 heterocycles. The smallest absolute Gasteiger partial charge is 0.126 e. The maximum atomic E-state index is 9.33. The predicted octanol–water partition coefficient (Wildman–Crippen LogP) is 1.52. The van der Waals surface area contributed by atoms with E-state index in [1.807, 2.05) is 6.07 Å². The summed E-state index contributed by atoms with van der Waals surface area (Å²) in [6, 6.07) is 8.95. The summed E-state index contributed by atoms with van der Waals surface area (Å²) in [5, 5.41) is 16.2. The van der Waals surface area contributed by atoms with Gasteiger partial charge in [-0.05, 0) is 0 Å². The van der Waals surface area contributed by atoms with Crippen molar-refractivity contribution in [3.8, 4) is 0 Å². The predicted molar refractivity (Wildman–Crippen MR) is 49.0 cm³/mol. The first-order valence-electron chi connectivity index (χ1n) is 3.50. The van der Waals surface area contributed by atoms with E-state index in [9.17, 15) is 5.11 Å². The molecule has 62 valence electrons. The molecule has 0 aliphatic carbocycles. The summed E-state index contributed by atoms with van der Waals surface area (Å²) in [5.74, 6) is -0.139. The van der Waals surface area contributed by atoms with Crippen LogP contribution in [0.25, 0.3) is 5.76 Å². The third-order valence-electron chi connectivity index (χ3n) is 1.36. The Labute approximate surface area is 70.7 Å². The largest absolute Gasteiger partial charge is 0.507 e. The Kier molecular flexibility index (Phi) is 2.48. The Morgan fingerprint density at radius 3 is 2.42 bits per heavy atom. The van der Waals surface area contributed by atoms with E-state index in [0.29, 0.717) is 5.56 Å². The van der Waals surface area contributed by atoms with Crippen molar-refractivity contribution in [1.82, 2.24) is 0 Å². The highest BCUT2D eigenvalue weighted by Crippen LogP contribution is 2.08. The molecule has 0 saturated heterocycles. The maximum absolute atomic E-state index is 9.33. The first-order chi connectivity index (χ1) is 5.70. The highest BCUT2D eigenvalue weighted by molar-refractivity contribution is 5.94. The van der Waals surface area contributed by atoms with Crippen LogP contribution < -0.4 is 5.73 Å². The number of hydrogen-bond acceptors (Lipinski definition) is 2. The Bertz CT molecular complexity index is 304. The number of benzene rings is 1. The van der Waals surface area contributed by atoms with Gasteiger partial charge in [0.15, 0.2) is 0 Å². The van der Waals surface area contributed by atoms with Crippen molar-refractivity contribution in [3.05, 3.63) is 42.0 Å². The summed E-state index contributed by atoms with van der Waals surface area (Å²) in [4.78, 5) is 0. The van der Waals surface area contributed by atoms with Crippen molar-refractivity contribution >= 4 is 11.6 Å². The topological polar surface area (TPSA) is 70.1 Å². The van der Waals surface area contributed by atoms with Gasteiger partial charge in [-0.25, -0.2) is 0 Å². The molecule has 0 amide bonds. The molecular formula is C9H10N2O. The number of hydrogen-bond donors (Lipinski definition) is 3. The van der Waals surface area contributed by atoms with Gasteiger partial charge in [0.05, 0.1) is 0 Å². The molecule has 0 aliphatic heterocycles. The molecule has 1 aromatic carbocycles. The summed E-state index contributed by atoms with van der Waals surface area (Å²) in [6.45, 7) is 0. The van der Waals surface area contributed by atoms with E-state index in [0.717, 1.165) is 0 Å². The summed E-state index contributed by atoms with van der Waals surface area (Å²) in [6.07, 6.45) is 1.20. The first-order valence-corrected chi connectivity index (χ1v) is 3.50. The van der Waals surface area contributed by atoms with Crippen molar-refractivity contribution in [2.45, 2.75) is 0 Å². The molecule has 0 bridgehead atoms. The zero-order valence-electron chi connectivity index (χ0n) is 6.49. The van der Waals surface area contributed by atoms with E-state index in [-0.39, 0.29) is 11.6 Å². The second kappa shape index (κ2) is 3.57. The van der Waals surface area contributed by atoms with E-state index in [2.05, 4.69) is 0 Å². The lowest BCUT2D eigenvalue weighted by molar-refractivity contribution is 0.512. The molecule has 0 atom stereocenters. The fourth-order valence-electron chi connectivity index (χ4n) is 0.840. The van der Waals surface area contributed by atoms with Gasteiger partial charge >= 0.3 is 0 Å². The van der Waals surface area contributed by atoms with E-state index in [1.165, 1.54) is 6.08 Å². The van der Waals surface area contributed by atoms with Crippen LogP contribution in [0.1, 0.15) is 5.56 Å². The number of nitrogens with one attached hydrogen (secondary N) is 1. The second-order valence-corrected chi connectivity index (χ2v) is 2.35. The van der Waals surface area contributed by atoms with E-state index in [1.54, 1.807) is 24.3 Å². The number of aliphatic hydroxyl groups is 1. The van der Waals surface area contributed by atoms with Crippen LogP contribution in [0.5, 0.6) is 0 Å². The Hall–Kier alpha value is -1.77. The zero-order chi connectivity index (χ0) is 8.97. The lowest BCUT2D eigenvalue weighted by Crippen LogP contribution is -2.05. The molecule has 0 fully saturated rings. The van der Waals surface area contributed by atoms with Gasteiger partial charge in [-0.3, -0.25) is 5.41 Å². The number of nitrogens with two attached hydrogens (primary N) is 1.